The Hall–Kier alpha value is -1.48. The fourth-order valence-corrected chi connectivity index (χ4v) is 3.67. The van der Waals surface area contributed by atoms with E-state index in [1.54, 1.807) is 0 Å². The molecule has 0 aliphatic carbocycles. The molecule has 3 atom stereocenters. The number of ether oxygens (including phenoxy) is 1. The van der Waals surface area contributed by atoms with Crippen molar-refractivity contribution >= 4 is 0 Å². The van der Waals surface area contributed by atoms with E-state index >= 15 is 0 Å². The zero-order valence-electron chi connectivity index (χ0n) is 12.5. The second kappa shape index (κ2) is 6.74. The van der Waals surface area contributed by atoms with Gasteiger partial charge in [0.2, 0.25) is 0 Å². The predicted molar refractivity (Wildman–Crippen MR) is 79.5 cm³/mol. The maximum atomic E-state index is 13.5. The van der Waals surface area contributed by atoms with Crippen LogP contribution < -0.4 is 0 Å². The van der Waals surface area contributed by atoms with Crippen molar-refractivity contribution in [2.24, 2.45) is 5.92 Å². The first-order valence-electron chi connectivity index (χ1n) is 7.87. The number of nitrogens with zero attached hydrogens (tertiary/aromatic N) is 2. The second-order valence-corrected chi connectivity index (χ2v) is 6.19. The lowest BCUT2D eigenvalue weighted by molar-refractivity contribution is -0.0636. The summed E-state index contributed by atoms with van der Waals surface area (Å²) < 4.78 is 19.0. The number of aliphatic hydroxyl groups excluding tert-OH is 1. The zero-order valence-corrected chi connectivity index (χ0v) is 12.5. The average Bonchev–Trinajstić information content (AvgIpc) is 2.96. The first-order valence-corrected chi connectivity index (χ1v) is 7.87. The van der Waals surface area contributed by atoms with Gasteiger partial charge in [0.05, 0.1) is 24.3 Å². The van der Waals surface area contributed by atoms with E-state index in [0.29, 0.717) is 31.7 Å². The Balaban J connectivity index is 1.76. The highest BCUT2D eigenvalue weighted by Gasteiger charge is 2.37. The number of hydrogen-bond donors (Lipinski definition) is 1. The summed E-state index contributed by atoms with van der Waals surface area (Å²) in [7, 11) is 0. The third kappa shape index (κ3) is 3.14. The first kappa shape index (κ1) is 15.4. The van der Waals surface area contributed by atoms with Crippen molar-refractivity contribution in [2.75, 3.05) is 19.8 Å². The molecule has 0 aromatic heterocycles. The highest BCUT2D eigenvalue weighted by Crippen LogP contribution is 2.31. The van der Waals surface area contributed by atoms with Crippen LogP contribution in [-0.4, -0.2) is 41.9 Å². The molecule has 0 saturated carbocycles. The molecule has 0 amide bonds. The highest BCUT2D eigenvalue weighted by molar-refractivity contribution is 5.37. The van der Waals surface area contributed by atoms with E-state index in [1.165, 1.54) is 18.2 Å². The molecule has 2 saturated heterocycles. The number of likely N-dealkylation sites (tertiary alicyclic amines) is 1. The third-order valence-corrected chi connectivity index (χ3v) is 4.83. The molecular formula is C17H21FN2O2. The lowest BCUT2D eigenvalue weighted by atomic mass is 9.89. The van der Waals surface area contributed by atoms with E-state index in [2.05, 4.69) is 11.0 Å². The lowest BCUT2D eigenvalue weighted by Gasteiger charge is -2.37. The van der Waals surface area contributed by atoms with Crippen LogP contribution in [0, 0.1) is 23.1 Å². The van der Waals surface area contributed by atoms with E-state index < -0.39 is 0 Å². The Bertz CT molecular complexity index is 572. The number of rotatable bonds is 3. The molecule has 0 bridgehead atoms. The summed E-state index contributed by atoms with van der Waals surface area (Å²) in [5, 5.41) is 19.4. The number of halogens is 1. The minimum absolute atomic E-state index is 0.107. The van der Waals surface area contributed by atoms with Crippen LogP contribution in [-0.2, 0) is 11.3 Å². The molecule has 0 spiro atoms. The number of nitriles is 1. The number of benzene rings is 1. The molecule has 5 heteroatoms. The molecule has 3 rings (SSSR count). The summed E-state index contributed by atoms with van der Waals surface area (Å²) in [5.41, 5.74) is 1.24. The fraction of sp³-hybridized carbons (Fsp3) is 0.588. The molecule has 1 aromatic rings. The summed E-state index contributed by atoms with van der Waals surface area (Å²) >= 11 is 0. The molecule has 118 valence electrons. The monoisotopic (exact) mass is 304 g/mol. The fourth-order valence-electron chi connectivity index (χ4n) is 3.67. The van der Waals surface area contributed by atoms with Gasteiger partial charge in [0.1, 0.15) is 5.82 Å². The van der Waals surface area contributed by atoms with Crippen molar-refractivity contribution in [1.29, 1.82) is 5.26 Å². The average molecular weight is 304 g/mol. The van der Waals surface area contributed by atoms with E-state index in [1.807, 2.05) is 0 Å². The van der Waals surface area contributed by atoms with Crippen LogP contribution in [0.4, 0.5) is 4.39 Å². The molecule has 2 heterocycles. The molecule has 2 aliphatic heterocycles. The van der Waals surface area contributed by atoms with Gasteiger partial charge in [0.15, 0.2) is 0 Å². The van der Waals surface area contributed by atoms with E-state index in [4.69, 9.17) is 4.74 Å². The summed E-state index contributed by atoms with van der Waals surface area (Å²) in [6.07, 6.45) is 2.42. The van der Waals surface area contributed by atoms with Gasteiger partial charge in [0.25, 0.3) is 0 Å². The van der Waals surface area contributed by atoms with Crippen LogP contribution in [0.25, 0.3) is 0 Å². The molecule has 22 heavy (non-hydrogen) atoms. The molecule has 4 nitrogen and oxygen atoms in total. The molecule has 2 fully saturated rings. The third-order valence-electron chi connectivity index (χ3n) is 4.83. The highest BCUT2D eigenvalue weighted by atomic mass is 19.1. The van der Waals surface area contributed by atoms with Gasteiger partial charge >= 0.3 is 0 Å². The maximum absolute atomic E-state index is 13.5. The van der Waals surface area contributed by atoms with Crippen molar-refractivity contribution in [3.63, 3.8) is 0 Å². The topological polar surface area (TPSA) is 56.5 Å². The van der Waals surface area contributed by atoms with Gasteiger partial charge in [-0.3, -0.25) is 4.90 Å². The van der Waals surface area contributed by atoms with E-state index in [-0.39, 0.29) is 23.9 Å². The Labute approximate surface area is 130 Å². The van der Waals surface area contributed by atoms with E-state index in [9.17, 15) is 14.8 Å². The Morgan fingerprint density at radius 2 is 2.27 bits per heavy atom. The quantitative estimate of drug-likeness (QED) is 0.928. The van der Waals surface area contributed by atoms with Crippen molar-refractivity contribution in [1.82, 2.24) is 4.90 Å². The van der Waals surface area contributed by atoms with Crippen LogP contribution in [0.3, 0.4) is 0 Å². The maximum Gasteiger partial charge on any atom is 0.123 e. The largest absolute Gasteiger partial charge is 0.393 e. The van der Waals surface area contributed by atoms with Gasteiger partial charge < -0.3 is 9.84 Å². The lowest BCUT2D eigenvalue weighted by Crippen LogP contribution is -2.45. The molecule has 1 N–H and O–H groups in total. The van der Waals surface area contributed by atoms with Gasteiger partial charge in [-0.25, -0.2) is 4.39 Å². The van der Waals surface area contributed by atoms with Crippen LogP contribution in [0.15, 0.2) is 18.2 Å². The zero-order chi connectivity index (χ0) is 15.5. The van der Waals surface area contributed by atoms with Crippen molar-refractivity contribution in [3.8, 4) is 6.07 Å². The summed E-state index contributed by atoms with van der Waals surface area (Å²) in [4.78, 5) is 2.26. The van der Waals surface area contributed by atoms with Crippen molar-refractivity contribution in [2.45, 2.75) is 38.0 Å². The minimum atomic E-state index is -0.331. The molecule has 2 aliphatic rings. The van der Waals surface area contributed by atoms with Crippen molar-refractivity contribution in [3.05, 3.63) is 35.1 Å². The SMILES string of the molecule is N#Cc1ccc(F)cc1CN1CCCC1C1COCCC1O. The van der Waals surface area contributed by atoms with Gasteiger partial charge in [0, 0.05) is 25.1 Å². The van der Waals surface area contributed by atoms with Gasteiger partial charge in [-0.05, 0) is 49.6 Å². The van der Waals surface area contributed by atoms with E-state index in [0.717, 1.165) is 24.9 Å². The molecule has 3 unspecified atom stereocenters. The normalized spacial score (nSPS) is 29.4. The Morgan fingerprint density at radius 3 is 3.05 bits per heavy atom. The molecule has 1 aromatic carbocycles. The van der Waals surface area contributed by atoms with Crippen LogP contribution in [0.2, 0.25) is 0 Å². The standard InChI is InChI=1S/C17H21FN2O2/c18-14-4-3-12(9-19)13(8-14)10-20-6-1-2-16(20)15-11-22-7-5-17(15)21/h3-4,8,15-17,21H,1-2,5-7,10-11H2. The number of aliphatic hydroxyl groups is 1. The number of hydrogen-bond acceptors (Lipinski definition) is 4. The minimum Gasteiger partial charge on any atom is -0.393 e. The van der Waals surface area contributed by atoms with Crippen LogP contribution >= 0.6 is 0 Å². The Morgan fingerprint density at radius 1 is 1.41 bits per heavy atom. The summed E-state index contributed by atoms with van der Waals surface area (Å²) in [6.45, 7) is 2.66. The van der Waals surface area contributed by atoms with Crippen LogP contribution in [0.1, 0.15) is 30.4 Å². The van der Waals surface area contributed by atoms with Gasteiger partial charge in [-0.2, -0.15) is 5.26 Å². The summed E-state index contributed by atoms with van der Waals surface area (Å²) in [6, 6.07) is 6.68. The Kier molecular flexibility index (Phi) is 4.72. The van der Waals surface area contributed by atoms with Crippen molar-refractivity contribution < 1.29 is 14.2 Å². The predicted octanol–water partition coefficient (Wildman–Crippen LogP) is 2.06. The van der Waals surface area contributed by atoms with Gasteiger partial charge in [-0.15, -0.1) is 0 Å². The van der Waals surface area contributed by atoms with Gasteiger partial charge in [-0.1, -0.05) is 0 Å². The second-order valence-electron chi connectivity index (χ2n) is 6.19. The van der Waals surface area contributed by atoms with Crippen LogP contribution in [0.5, 0.6) is 0 Å². The molecular weight excluding hydrogens is 283 g/mol. The smallest absolute Gasteiger partial charge is 0.123 e. The molecule has 0 radical (unpaired) electrons. The summed E-state index contributed by atoms with van der Waals surface area (Å²) in [5.74, 6) is -0.207. The first-order chi connectivity index (χ1) is 10.7.